The predicted octanol–water partition coefficient (Wildman–Crippen LogP) is 1.62. The Bertz CT molecular complexity index is 737. The minimum atomic E-state index is -3.53. The number of nitrogens with zero attached hydrogens (tertiary/aromatic N) is 1. The molecule has 2 rings (SSSR count). The maximum atomic E-state index is 12.7. The summed E-state index contributed by atoms with van der Waals surface area (Å²) in [4.78, 5) is 23.1. The van der Waals surface area contributed by atoms with Crippen LogP contribution in [0.15, 0.2) is 29.2 Å². The molecule has 1 atom stereocenters. The minimum Gasteiger partial charge on any atom is -0.481 e. The molecule has 0 aromatic heterocycles. The Morgan fingerprint density at radius 3 is 2.35 bits per heavy atom. The molecule has 1 heterocycles. The van der Waals surface area contributed by atoms with Crippen LogP contribution in [0.25, 0.3) is 0 Å². The number of benzene rings is 1. The van der Waals surface area contributed by atoms with E-state index in [2.05, 4.69) is 5.32 Å². The molecule has 26 heavy (non-hydrogen) atoms. The lowest BCUT2D eigenvalue weighted by Gasteiger charge is -2.30. The second-order valence-electron chi connectivity index (χ2n) is 6.94. The largest absolute Gasteiger partial charge is 0.481 e. The van der Waals surface area contributed by atoms with Crippen LogP contribution >= 0.6 is 0 Å². The van der Waals surface area contributed by atoms with E-state index < -0.39 is 16.0 Å². The Labute approximate surface area is 154 Å². The number of carboxylic acid groups (broad SMARTS) is 1. The third-order valence-corrected chi connectivity index (χ3v) is 6.54. The standard InChI is InChI=1S/C18H26N2O5S/c1-13-3-5-16(6-4-13)26(24,25)20-9-7-15(8-10-20)18(23)19-12-14(2)11-17(21)22/h3-6,14-15H,7-12H2,1-2H3,(H,19,23)(H,21,22). The first-order chi connectivity index (χ1) is 12.2. The van der Waals surface area contributed by atoms with Gasteiger partial charge in [0.15, 0.2) is 0 Å². The highest BCUT2D eigenvalue weighted by Gasteiger charge is 2.32. The molecule has 1 aliphatic rings. The van der Waals surface area contributed by atoms with E-state index >= 15 is 0 Å². The van der Waals surface area contributed by atoms with Crippen LogP contribution in [0.4, 0.5) is 0 Å². The van der Waals surface area contributed by atoms with E-state index in [0.29, 0.717) is 32.5 Å². The van der Waals surface area contributed by atoms with Gasteiger partial charge in [0.1, 0.15) is 0 Å². The van der Waals surface area contributed by atoms with Gasteiger partial charge in [0.2, 0.25) is 15.9 Å². The summed E-state index contributed by atoms with van der Waals surface area (Å²) in [6, 6.07) is 6.75. The van der Waals surface area contributed by atoms with Gasteiger partial charge in [0.05, 0.1) is 4.90 Å². The second-order valence-corrected chi connectivity index (χ2v) is 8.88. The fraction of sp³-hybridized carbons (Fsp3) is 0.556. The molecular formula is C18H26N2O5S. The van der Waals surface area contributed by atoms with Crippen LogP contribution in [0.2, 0.25) is 0 Å². The number of hydrogen-bond acceptors (Lipinski definition) is 4. The van der Waals surface area contributed by atoms with Gasteiger partial charge in [-0.1, -0.05) is 24.6 Å². The number of carboxylic acids is 1. The zero-order chi connectivity index (χ0) is 19.3. The first-order valence-corrected chi connectivity index (χ1v) is 10.2. The van der Waals surface area contributed by atoms with E-state index in [0.717, 1.165) is 5.56 Å². The van der Waals surface area contributed by atoms with Crippen LogP contribution in [-0.4, -0.2) is 49.3 Å². The van der Waals surface area contributed by atoms with Crippen LogP contribution in [0.5, 0.6) is 0 Å². The van der Waals surface area contributed by atoms with Gasteiger partial charge in [-0.25, -0.2) is 8.42 Å². The lowest BCUT2D eigenvalue weighted by molar-refractivity contribution is -0.138. The molecular weight excluding hydrogens is 356 g/mol. The zero-order valence-corrected chi connectivity index (χ0v) is 16.0. The van der Waals surface area contributed by atoms with Crippen molar-refractivity contribution < 1.29 is 23.1 Å². The van der Waals surface area contributed by atoms with Gasteiger partial charge in [-0.15, -0.1) is 0 Å². The van der Waals surface area contributed by atoms with E-state index in [4.69, 9.17) is 5.11 Å². The second kappa shape index (κ2) is 8.64. The molecule has 0 radical (unpaired) electrons. The molecule has 2 N–H and O–H groups in total. The average Bonchev–Trinajstić information content (AvgIpc) is 2.59. The fourth-order valence-corrected chi connectivity index (χ4v) is 4.48. The van der Waals surface area contributed by atoms with Crippen LogP contribution in [0.1, 0.15) is 31.7 Å². The molecule has 0 spiro atoms. The van der Waals surface area contributed by atoms with Gasteiger partial charge in [-0.05, 0) is 37.8 Å². The van der Waals surface area contributed by atoms with E-state index in [-0.39, 0.29) is 29.1 Å². The molecule has 1 amide bonds. The smallest absolute Gasteiger partial charge is 0.303 e. The number of sulfonamides is 1. The minimum absolute atomic E-state index is 0.00746. The number of aryl methyl sites for hydroxylation is 1. The topological polar surface area (TPSA) is 104 Å². The maximum absolute atomic E-state index is 12.7. The summed E-state index contributed by atoms with van der Waals surface area (Å²) >= 11 is 0. The van der Waals surface area contributed by atoms with Crippen molar-refractivity contribution in [2.75, 3.05) is 19.6 Å². The number of carbonyl (C=O) groups excluding carboxylic acids is 1. The van der Waals surface area contributed by atoms with Gasteiger partial charge in [0, 0.05) is 32.0 Å². The average molecular weight is 382 g/mol. The number of hydrogen-bond donors (Lipinski definition) is 2. The Balaban J connectivity index is 1.87. The van der Waals surface area contributed by atoms with Gasteiger partial charge in [-0.3, -0.25) is 9.59 Å². The molecule has 1 unspecified atom stereocenters. The molecule has 0 saturated carbocycles. The van der Waals surface area contributed by atoms with E-state index in [9.17, 15) is 18.0 Å². The van der Waals surface area contributed by atoms with Crippen molar-refractivity contribution in [1.29, 1.82) is 0 Å². The van der Waals surface area contributed by atoms with Crippen LogP contribution < -0.4 is 5.32 Å². The summed E-state index contributed by atoms with van der Waals surface area (Å²) in [5, 5.41) is 11.5. The number of rotatable bonds is 7. The van der Waals surface area contributed by atoms with Crippen molar-refractivity contribution in [3.05, 3.63) is 29.8 Å². The lowest BCUT2D eigenvalue weighted by atomic mass is 9.97. The molecule has 1 aromatic rings. The molecule has 1 aliphatic heterocycles. The number of aliphatic carboxylic acids is 1. The summed E-state index contributed by atoms with van der Waals surface area (Å²) in [5.41, 5.74) is 0.997. The normalized spacial score (nSPS) is 17.6. The molecule has 0 aliphatic carbocycles. The highest BCUT2D eigenvalue weighted by atomic mass is 32.2. The number of nitrogens with one attached hydrogen (secondary N) is 1. The van der Waals surface area contributed by atoms with Crippen molar-refractivity contribution in [3.8, 4) is 0 Å². The Kier molecular flexibility index (Phi) is 6.77. The van der Waals surface area contributed by atoms with Crippen LogP contribution in [0, 0.1) is 18.8 Å². The highest BCUT2D eigenvalue weighted by molar-refractivity contribution is 7.89. The summed E-state index contributed by atoms with van der Waals surface area (Å²) < 4.78 is 26.8. The van der Waals surface area contributed by atoms with Gasteiger partial charge >= 0.3 is 5.97 Å². The maximum Gasteiger partial charge on any atom is 0.303 e. The summed E-state index contributed by atoms with van der Waals surface area (Å²) in [5.74, 6) is -1.40. The highest BCUT2D eigenvalue weighted by Crippen LogP contribution is 2.24. The van der Waals surface area contributed by atoms with E-state index in [1.165, 1.54) is 4.31 Å². The van der Waals surface area contributed by atoms with Crippen molar-refractivity contribution in [2.45, 2.75) is 38.0 Å². The quantitative estimate of drug-likeness (QED) is 0.746. The molecule has 144 valence electrons. The first kappa shape index (κ1) is 20.4. The molecule has 8 heteroatoms. The number of carbonyl (C=O) groups is 2. The lowest BCUT2D eigenvalue weighted by Crippen LogP contribution is -2.43. The Morgan fingerprint density at radius 2 is 1.81 bits per heavy atom. The van der Waals surface area contributed by atoms with Crippen molar-refractivity contribution in [1.82, 2.24) is 9.62 Å². The fourth-order valence-electron chi connectivity index (χ4n) is 3.01. The van der Waals surface area contributed by atoms with E-state index in [1.807, 2.05) is 6.92 Å². The SMILES string of the molecule is Cc1ccc(S(=O)(=O)N2CCC(C(=O)NCC(C)CC(=O)O)CC2)cc1. The third kappa shape index (κ3) is 5.28. The van der Waals surface area contributed by atoms with E-state index in [1.54, 1.807) is 31.2 Å². The molecule has 0 bridgehead atoms. The number of piperidine rings is 1. The predicted molar refractivity (Wildman–Crippen MR) is 97.1 cm³/mol. The third-order valence-electron chi connectivity index (χ3n) is 4.63. The summed E-state index contributed by atoms with van der Waals surface area (Å²) in [7, 11) is -3.53. The van der Waals surface area contributed by atoms with Crippen molar-refractivity contribution >= 4 is 21.9 Å². The monoisotopic (exact) mass is 382 g/mol. The van der Waals surface area contributed by atoms with Gasteiger partial charge in [-0.2, -0.15) is 4.31 Å². The Morgan fingerprint density at radius 1 is 1.23 bits per heavy atom. The first-order valence-electron chi connectivity index (χ1n) is 8.76. The van der Waals surface area contributed by atoms with Crippen LogP contribution in [-0.2, 0) is 19.6 Å². The van der Waals surface area contributed by atoms with Crippen LogP contribution in [0.3, 0.4) is 0 Å². The zero-order valence-electron chi connectivity index (χ0n) is 15.1. The van der Waals surface area contributed by atoms with Gasteiger partial charge < -0.3 is 10.4 Å². The summed E-state index contributed by atoms with van der Waals surface area (Å²) in [6.45, 7) is 4.59. The molecule has 1 fully saturated rings. The molecule has 1 saturated heterocycles. The molecule has 7 nitrogen and oxygen atoms in total. The summed E-state index contributed by atoms with van der Waals surface area (Å²) in [6.07, 6.45) is 0.933. The number of amides is 1. The van der Waals surface area contributed by atoms with Gasteiger partial charge in [0.25, 0.3) is 0 Å². The Hall–Kier alpha value is -1.93. The van der Waals surface area contributed by atoms with Crippen molar-refractivity contribution in [2.24, 2.45) is 11.8 Å². The van der Waals surface area contributed by atoms with Crippen molar-refractivity contribution in [3.63, 3.8) is 0 Å². The molecule has 1 aromatic carbocycles.